The quantitative estimate of drug-likeness (QED) is 0.819. The van der Waals surface area contributed by atoms with E-state index in [0.29, 0.717) is 31.1 Å². The van der Waals surface area contributed by atoms with Crippen LogP contribution in [0.15, 0.2) is 48.5 Å². The van der Waals surface area contributed by atoms with E-state index in [1.807, 2.05) is 24.3 Å². The summed E-state index contributed by atoms with van der Waals surface area (Å²) in [6, 6.07) is 14.3. The van der Waals surface area contributed by atoms with Crippen LogP contribution in [0.2, 0.25) is 0 Å². The average Bonchev–Trinajstić information content (AvgIpc) is 3.09. The van der Waals surface area contributed by atoms with Crippen molar-refractivity contribution in [3.63, 3.8) is 0 Å². The Bertz CT molecular complexity index is 671. The third-order valence-corrected chi connectivity index (χ3v) is 4.32. The Balaban J connectivity index is 1.59. The second kappa shape index (κ2) is 7.75. The fourth-order valence-corrected chi connectivity index (χ4v) is 2.74. The van der Waals surface area contributed by atoms with Gasteiger partial charge < -0.3 is 19.9 Å². The molecule has 1 aliphatic rings. The number of aliphatic hydroxyl groups excluding tert-OH is 1. The van der Waals surface area contributed by atoms with E-state index in [-0.39, 0.29) is 24.6 Å². The van der Waals surface area contributed by atoms with E-state index < -0.39 is 0 Å². The van der Waals surface area contributed by atoms with Crippen LogP contribution >= 0.6 is 0 Å². The number of hydrogen-bond donors (Lipinski definition) is 2. The Morgan fingerprint density at radius 3 is 2.83 bits per heavy atom. The highest BCUT2D eigenvalue weighted by atomic mass is 19.1. The van der Waals surface area contributed by atoms with Crippen LogP contribution < -0.4 is 10.1 Å². The van der Waals surface area contributed by atoms with Crippen LogP contribution in [0.1, 0.15) is 17.5 Å². The maximum Gasteiger partial charge on any atom is 0.129 e. The SMILES string of the molecule is OCC1(NCc2cccc(OCc3ccccc3F)c2)CCOC1. The normalized spacial score (nSPS) is 20.2. The summed E-state index contributed by atoms with van der Waals surface area (Å²) in [4.78, 5) is 0. The largest absolute Gasteiger partial charge is 0.489 e. The second-order valence-electron chi connectivity index (χ2n) is 6.12. The minimum Gasteiger partial charge on any atom is -0.489 e. The van der Waals surface area contributed by atoms with Gasteiger partial charge in [0.15, 0.2) is 0 Å². The predicted molar refractivity (Wildman–Crippen MR) is 89.3 cm³/mol. The molecule has 0 spiro atoms. The minimum absolute atomic E-state index is 0.0521. The van der Waals surface area contributed by atoms with Gasteiger partial charge in [0.25, 0.3) is 0 Å². The number of nitrogens with one attached hydrogen (secondary N) is 1. The Labute approximate surface area is 141 Å². The lowest BCUT2D eigenvalue weighted by Crippen LogP contribution is -2.48. The van der Waals surface area contributed by atoms with E-state index in [9.17, 15) is 9.50 Å². The van der Waals surface area contributed by atoms with Crippen LogP contribution in [0.4, 0.5) is 4.39 Å². The molecule has 1 saturated heterocycles. The van der Waals surface area contributed by atoms with Crippen LogP contribution in [0, 0.1) is 5.82 Å². The summed E-state index contributed by atoms with van der Waals surface area (Å²) in [5.74, 6) is 0.430. The summed E-state index contributed by atoms with van der Waals surface area (Å²) in [6.45, 7) is 2.04. The first-order valence-corrected chi connectivity index (χ1v) is 8.10. The molecular formula is C19H22FNO3. The molecule has 0 radical (unpaired) electrons. The average molecular weight is 331 g/mol. The van der Waals surface area contributed by atoms with E-state index in [1.54, 1.807) is 18.2 Å². The zero-order valence-electron chi connectivity index (χ0n) is 13.5. The fourth-order valence-electron chi connectivity index (χ4n) is 2.74. The summed E-state index contributed by atoms with van der Waals surface area (Å²) in [7, 11) is 0. The van der Waals surface area contributed by atoms with E-state index >= 15 is 0 Å². The van der Waals surface area contributed by atoms with Crippen molar-refractivity contribution in [1.82, 2.24) is 5.32 Å². The predicted octanol–water partition coefficient (Wildman–Crippen LogP) is 2.65. The zero-order valence-corrected chi connectivity index (χ0v) is 13.5. The molecule has 5 heteroatoms. The van der Waals surface area contributed by atoms with Crippen molar-refractivity contribution in [2.45, 2.75) is 25.1 Å². The van der Waals surface area contributed by atoms with Crippen LogP contribution in [-0.4, -0.2) is 30.5 Å². The molecule has 128 valence electrons. The molecule has 1 fully saturated rings. The third-order valence-electron chi connectivity index (χ3n) is 4.32. The molecule has 0 aliphatic carbocycles. The monoisotopic (exact) mass is 331 g/mol. The lowest BCUT2D eigenvalue weighted by Gasteiger charge is -2.26. The molecule has 2 aromatic rings. The van der Waals surface area contributed by atoms with Gasteiger partial charge in [0.1, 0.15) is 18.2 Å². The summed E-state index contributed by atoms with van der Waals surface area (Å²) in [6.07, 6.45) is 0.799. The Hall–Kier alpha value is -1.95. The highest BCUT2D eigenvalue weighted by molar-refractivity contribution is 5.29. The number of ether oxygens (including phenoxy) is 2. The molecule has 1 aliphatic heterocycles. The molecule has 4 nitrogen and oxygen atoms in total. The van der Waals surface area contributed by atoms with Gasteiger partial charge in [-0.15, -0.1) is 0 Å². The van der Waals surface area contributed by atoms with Crippen LogP contribution in [0.3, 0.4) is 0 Å². The molecule has 1 unspecified atom stereocenters. The van der Waals surface area contributed by atoms with Gasteiger partial charge in [0.2, 0.25) is 0 Å². The van der Waals surface area contributed by atoms with Crippen molar-refractivity contribution in [2.24, 2.45) is 0 Å². The highest BCUT2D eigenvalue weighted by Gasteiger charge is 2.33. The number of aliphatic hydroxyl groups is 1. The maximum absolute atomic E-state index is 13.6. The van der Waals surface area contributed by atoms with Crippen molar-refractivity contribution in [3.8, 4) is 5.75 Å². The molecule has 0 amide bonds. The van der Waals surface area contributed by atoms with Crippen molar-refractivity contribution in [2.75, 3.05) is 19.8 Å². The summed E-state index contributed by atoms with van der Waals surface area (Å²) < 4.78 is 24.7. The van der Waals surface area contributed by atoms with E-state index in [0.717, 1.165) is 12.0 Å². The first-order valence-electron chi connectivity index (χ1n) is 8.10. The van der Waals surface area contributed by atoms with Gasteiger partial charge in [0, 0.05) is 18.7 Å². The smallest absolute Gasteiger partial charge is 0.129 e. The molecular weight excluding hydrogens is 309 g/mol. The molecule has 2 aromatic carbocycles. The van der Waals surface area contributed by atoms with E-state index in [1.165, 1.54) is 6.07 Å². The zero-order chi connectivity index (χ0) is 16.8. The molecule has 1 heterocycles. The van der Waals surface area contributed by atoms with Crippen LogP contribution in [0.25, 0.3) is 0 Å². The fraction of sp³-hybridized carbons (Fsp3) is 0.368. The first kappa shape index (κ1) is 16.9. The lowest BCUT2D eigenvalue weighted by molar-refractivity contribution is 0.120. The molecule has 24 heavy (non-hydrogen) atoms. The molecule has 1 atom stereocenters. The standard InChI is InChI=1S/C19H22FNO3/c20-18-7-2-1-5-16(18)12-24-17-6-3-4-15(10-17)11-21-19(13-22)8-9-23-14-19/h1-7,10,21-22H,8-9,11-14H2. The highest BCUT2D eigenvalue weighted by Crippen LogP contribution is 2.20. The number of halogens is 1. The molecule has 0 aromatic heterocycles. The molecule has 2 N–H and O–H groups in total. The van der Waals surface area contributed by atoms with Gasteiger partial charge in [-0.25, -0.2) is 4.39 Å². The Morgan fingerprint density at radius 2 is 2.08 bits per heavy atom. The van der Waals surface area contributed by atoms with Gasteiger partial charge in [-0.1, -0.05) is 30.3 Å². The van der Waals surface area contributed by atoms with Crippen molar-refractivity contribution in [3.05, 3.63) is 65.5 Å². The van der Waals surface area contributed by atoms with Gasteiger partial charge in [-0.05, 0) is 30.2 Å². The summed E-state index contributed by atoms with van der Waals surface area (Å²) in [5, 5.41) is 13.0. The Morgan fingerprint density at radius 1 is 1.21 bits per heavy atom. The van der Waals surface area contributed by atoms with Gasteiger partial charge in [0.05, 0.1) is 18.8 Å². The maximum atomic E-state index is 13.6. The number of hydrogen-bond acceptors (Lipinski definition) is 4. The third kappa shape index (κ3) is 4.12. The van der Waals surface area contributed by atoms with Crippen LogP contribution in [-0.2, 0) is 17.9 Å². The van der Waals surface area contributed by atoms with Crippen molar-refractivity contribution < 1.29 is 19.0 Å². The van der Waals surface area contributed by atoms with Crippen LogP contribution in [0.5, 0.6) is 5.75 Å². The van der Waals surface area contributed by atoms with Crippen molar-refractivity contribution in [1.29, 1.82) is 0 Å². The van der Waals surface area contributed by atoms with Gasteiger partial charge in [-0.3, -0.25) is 0 Å². The van der Waals surface area contributed by atoms with Crippen molar-refractivity contribution >= 4 is 0 Å². The topological polar surface area (TPSA) is 50.7 Å². The van der Waals surface area contributed by atoms with E-state index in [4.69, 9.17) is 9.47 Å². The summed E-state index contributed by atoms with van der Waals surface area (Å²) in [5.41, 5.74) is 1.22. The van der Waals surface area contributed by atoms with Gasteiger partial charge in [-0.2, -0.15) is 0 Å². The Kier molecular flexibility index (Phi) is 5.45. The molecule has 3 rings (SSSR count). The lowest BCUT2D eigenvalue weighted by atomic mass is 9.99. The number of rotatable bonds is 7. The first-order chi connectivity index (χ1) is 11.7. The molecule has 0 saturated carbocycles. The molecule has 0 bridgehead atoms. The van der Waals surface area contributed by atoms with Gasteiger partial charge >= 0.3 is 0 Å². The number of benzene rings is 2. The summed E-state index contributed by atoms with van der Waals surface area (Å²) >= 11 is 0. The minimum atomic E-state index is -0.357. The van der Waals surface area contributed by atoms with E-state index in [2.05, 4.69) is 5.32 Å². The second-order valence-corrected chi connectivity index (χ2v) is 6.12.